The van der Waals surface area contributed by atoms with Crippen molar-refractivity contribution in [2.45, 2.75) is 50.3 Å². The van der Waals surface area contributed by atoms with Gasteiger partial charge in [-0.2, -0.15) is 0 Å². The molecule has 0 unspecified atom stereocenters. The normalized spacial score (nSPS) is 23.2. The maximum atomic E-state index is 12.6. The minimum absolute atomic E-state index is 0.0169. The van der Waals surface area contributed by atoms with Gasteiger partial charge in [0.25, 0.3) is 0 Å². The number of carbonyl (C=O) groups excluding carboxylic acids is 1. The Kier molecular flexibility index (Phi) is 7.08. The first-order chi connectivity index (χ1) is 16.0. The number of hydrogen-bond donors (Lipinski definition) is 2. The van der Waals surface area contributed by atoms with Crippen molar-refractivity contribution in [3.8, 4) is 23.0 Å². The predicted molar refractivity (Wildman–Crippen MR) is 125 cm³/mol. The number of esters is 1. The quantitative estimate of drug-likeness (QED) is 0.494. The highest BCUT2D eigenvalue weighted by Crippen LogP contribution is 2.41. The fourth-order valence-electron chi connectivity index (χ4n) is 4.99. The molecule has 3 atom stereocenters. The van der Waals surface area contributed by atoms with E-state index >= 15 is 0 Å². The Morgan fingerprint density at radius 1 is 1.00 bits per heavy atom. The Labute approximate surface area is 194 Å². The lowest BCUT2D eigenvalue weighted by Gasteiger charge is -2.47. The minimum Gasteiger partial charge on any atom is -0.504 e. The fourth-order valence-corrected chi connectivity index (χ4v) is 4.99. The first-order valence-corrected chi connectivity index (χ1v) is 11.4. The van der Waals surface area contributed by atoms with E-state index in [0.717, 1.165) is 31.4 Å². The Balaban J connectivity index is 1.46. The molecule has 0 radical (unpaired) electrons. The first kappa shape index (κ1) is 23.0. The van der Waals surface area contributed by atoms with E-state index in [1.807, 2.05) is 6.07 Å². The number of phenolic OH excluding ortho intramolecular Hbond substituents is 2. The van der Waals surface area contributed by atoms with E-state index in [0.29, 0.717) is 29.5 Å². The molecule has 7 nitrogen and oxygen atoms in total. The summed E-state index contributed by atoms with van der Waals surface area (Å²) in [7, 11) is 3.02. The monoisotopic (exact) mass is 453 g/mol. The van der Waals surface area contributed by atoms with Crippen LogP contribution in [0.15, 0.2) is 42.5 Å². The highest BCUT2D eigenvalue weighted by Gasteiger charge is 2.39. The van der Waals surface area contributed by atoms with Crippen molar-refractivity contribution in [1.29, 1.82) is 0 Å². The van der Waals surface area contributed by atoms with Crippen LogP contribution in [0, 0.1) is 0 Å². The molecule has 2 saturated heterocycles. The molecule has 2 aliphatic rings. The molecule has 176 valence electrons. The van der Waals surface area contributed by atoms with E-state index in [1.165, 1.54) is 32.8 Å². The van der Waals surface area contributed by atoms with Crippen molar-refractivity contribution < 1.29 is 29.2 Å². The van der Waals surface area contributed by atoms with Gasteiger partial charge in [-0.1, -0.05) is 18.6 Å². The van der Waals surface area contributed by atoms with Crippen LogP contribution in [0.3, 0.4) is 0 Å². The average molecular weight is 454 g/mol. The van der Waals surface area contributed by atoms with Crippen LogP contribution in [0.1, 0.15) is 49.3 Å². The zero-order valence-electron chi connectivity index (χ0n) is 19.1. The van der Waals surface area contributed by atoms with Crippen LogP contribution < -0.4 is 9.47 Å². The third-order valence-electron chi connectivity index (χ3n) is 6.58. The van der Waals surface area contributed by atoms with E-state index in [2.05, 4.69) is 4.90 Å². The number of piperidine rings is 2. The molecular formula is C26H31NO6. The number of aromatic hydroxyl groups is 2. The Morgan fingerprint density at radius 2 is 1.73 bits per heavy atom. The second-order valence-corrected chi connectivity index (χ2v) is 8.63. The SMILES string of the molecule is COc1ccc(/C=C/C(=O)O[C@H]2C[C@@H]3CCCCN3[C@H](c3ccc(OC)c(O)c3)C2)cc1O. The van der Waals surface area contributed by atoms with E-state index in [4.69, 9.17) is 14.2 Å². The number of carbonyl (C=O) groups is 1. The maximum Gasteiger partial charge on any atom is 0.331 e. The van der Waals surface area contributed by atoms with Gasteiger partial charge >= 0.3 is 5.97 Å². The van der Waals surface area contributed by atoms with Gasteiger partial charge in [0.15, 0.2) is 23.0 Å². The van der Waals surface area contributed by atoms with Gasteiger partial charge in [0.2, 0.25) is 0 Å². The molecule has 0 aromatic heterocycles. The molecular weight excluding hydrogens is 422 g/mol. The van der Waals surface area contributed by atoms with Gasteiger partial charge in [0.1, 0.15) is 6.10 Å². The molecule has 4 rings (SSSR count). The van der Waals surface area contributed by atoms with Gasteiger partial charge in [-0.15, -0.1) is 0 Å². The number of fused-ring (bicyclic) bond motifs is 1. The number of ether oxygens (including phenoxy) is 3. The highest BCUT2D eigenvalue weighted by atomic mass is 16.5. The summed E-state index contributed by atoms with van der Waals surface area (Å²) in [5.41, 5.74) is 1.68. The summed E-state index contributed by atoms with van der Waals surface area (Å²) in [5, 5.41) is 20.2. The zero-order valence-corrected chi connectivity index (χ0v) is 19.1. The molecule has 7 heteroatoms. The molecule has 2 N–H and O–H groups in total. The Bertz CT molecular complexity index is 1020. The number of nitrogens with zero attached hydrogens (tertiary/aromatic N) is 1. The molecule has 0 aliphatic carbocycles. The first-order valence-electron chi connectivity index (χ1n) is 11.4. The smallest absolute Gasteiger partial charge is 0.331 e. The fraction of sp³-hybridized carbons (Fsp3) is 0.423. The summed E-state index contributed by atoms with van der Waals surface area (Å²) in [6.45, 7) is 1.00. The molecule has 0 saturated carbocycles. The van der Waals surface area contributed by atoms with Gasteiger partial charge in [0, 0.05) is 31.0 Å². The molecule has 33 heavy (non-hydrogen) atoms. The minimum atomic E-state index is -0.407. The van der Waals surface area contributed by atoms with Crippen LogP contribution in [0.25, 0.3) is 6.08 Å². The largest absolute Gasteiger partial charge is 0.504 e. The number of benzene rings is 2. The molecule has 2 fully saturated rings. The molecule has 0 bridgehead atoms. The summed E-state index contributed by atoms with van der Waals surface area (Å²) >= 11 is 0. The molecule has 2 heterocycles. The zero-order chi connectivity index (χ0) is 23.4. The van der Waals surface area contributed by atoms with E-state index in [-0.39, 0.29) is 23.6 Å². The van der Waals surface area contributed by atoms with Crippen molar-refractivity contribution in [1.82, 2.24) is 4.90 Å². The molecule has 0 amide bonds. The van der Waals surface area contributed by atoms with Crippen molar-refractivity contribution >= 4 is 12.0 Å². The number of phenols is 2. The van der Waals surface area contributed by atoms with Gasteiger partial charge in [0.05, 0.1) is 14.2 Å². The third-order valence-corrected chi connectivity index (χ3v) is 6.58. The van der Waals surface area contributed by atoms with Crippen LogP contribution >= 0.6 is 0 Å². The van der Waals surface area contributed by atoms with Gasteiger partial charge in [-0.05, 0) is 60.9 Å². The average Bonchev–Trinajstić information content (AvgIpc) is 2.82. The highest BCUT2D eigenvalue weighted by molar-refractivity contribution is 5.87. The molecule has 2 aliphatic heterocycles. The van der Waals surface area contributed by atoms with Crippen molar-refractivity contribution in [2.75, 3.05) is 20.8 Å². The van der Waals surface area contributed by atoms with Crippen molar-refractivity contribution in [3.63, 3.8) is 0 Å². The van der Waals surface area contributed by atoms with E-state index < -0.39 is 5.97 Å². The van der Waals surface area contributed by atoms with Crippen LogP contribution in [0.2, 0.25) is 0 Å². The van der Waals surface area contributed by atoms with E-state index in [9.17, 15) is 15.0 Å². The topological polar surface area (TPSA) is 88.5 Å². The molecule has 2 aromatic rings. The van der Waals surface area contributed by atoms with E-state index in [1.54, 1.807) is 30.3 Å². The van der Waals surface area contributed by atoms with Gasteiger partial charge < -0.3 is 24.4 Å². The van der Waals surface area contributed by atoms with Gasteiger partial charge in [-0.3, -0.25) is 4.90 Å². The summed E-state index contributed by atoms with van der Waals surface area (Å²) in [6.07, 6.45) is 7.68. The second kappa shape index (κ2) is 10.2. The lowest BCUT2D eigenvalue weighted by Crippen LogP contribution is -2.49. The number of rotatable bonds is 6. The standard InChI is InChI=1S/C26H31NO6/c1-31-24-9-6-17(13-22(24)28)7-11-26(30)33-20-15-19-5-3-4-12-27(19)21(16-20)18-8-10-25(32-2)23(29)14-18/h6-11,13-14,19-21,28-29H,3-5,12,15-16H2,1-2H3/b11-7+/t19-,20-,21-/m0/s1. The van der Waals surface area contributed by atoms with Crippen LogP contribution in [-0.2, 0) is 9.53 Å². The van der Waals surface area contributed by atoms with Crippen LogP contribution in [0.5, 0.6) is 23.0 Å². The number of methoxy groups -OCH3 is 2. The summed E-state index contributed by atoms with van der Waals surface area (Å²) in [4.78, 5) is 15.1. The maximum absolute atomic E-state index is 12.6. The second-order valence-electron chi connectivity index (χ2n) is 8.63. The van der Waals surface area contributed by atoms with Crippen LogP contribution in [0.4, 0.5) is 0 Å². The van der Waals surface area contributed by atoms with Crippen LogP contribution in [-0.4, -0.2) is 54.0 Å². The summed E-state index contributed by atoms with van der Waals surface area (Å²) in [5.74, 6) is 0.555. The predicted octanol–water partition coefficient (Wildman–Crippen LogP) is 4.43. The third kappa shape index (κ3) is 5.25. The number of hydrogen-bond acceptors (Lipinski definition) is 7. The molecule has 0 spiro atoms. The Hall–Kier alpha value is -3.19. The Morgan fingerprint density at radius 3 is 2.42 bits per heavy atom. The summed E-state index contributed by atoms with van der Waals surface area (Å²) in [6, 6.07) is 10.9. The van der Waals surface area contributed by atoms with Gasteiger partial charge in [-0.25, -0.2) is 4.79 Å². The molecule has 2 aromatic carbocycles. The van der Waals surface area contributed by atoms with Crippen molar-refractivity contribution in [3.05, 3.63) is 53.6 Å². The summed E-state index contributed by atoms with van der Waals surface area (Å²) < 4.78 is 16.1. The lowest BCUT2D eigenvalue weighted by molar-refractivity contribution is -0.148. The van der Waals surface area contributed by atoms with Crippen molar-refractivity contribution in [2.24, 2.45) is 0 Å². The lowest BCUT2D eigenvalue weighted by atomic mass is 9.84.